The molecule has 4 nitrogen and oxygen atoms in total. The fourth-order valence-electron chi connectivity index (χ4n) is 2.27. The predicted octanol–water partition coefficient (Wildman–Crippen LogP) is 4.08. The van der Waals surface area contributed by atoms with Gasteiger partial charge in [0.15, 0.2) is 11.5 Å². The average Bonchev–Trinajstić information content (AvgIpc) is 2.52. The minimum Gasteiger partial charge on any atom is -0.493 e. The standard InChI is InChI=1S/C16H13BrN2O2/c1-20-15-7-12-13(10-4-3-5-11(17)6-10)9-18-19-14(12)8-16(15)21-2/h3-9H,1-2H3. The summed E-state index contributed by atoms with van der Waals surface area (Å²) in [4.78, 5) is 0. The highest BCUT2D eigenvalue weighted by molar-refractivity contribution is 9.10. The molecule has 2 aromatic carbocycles. The molecular formula is C16H13BrN2O2. The molecule has 0 spiro atoms. The molecule has 0 bridgehead atoms. The van der Waals surface area contributed by atoms with Gasteiger partial charge in [0.2, 0.25) is 0 Å². The molecule has 0 saturated carbocycles. The molecule has 0 fully saturated rings. The lowest BCUT2D eigenvalue weighted by Gasteiger charge is -2.11. The van der Waals surface area contributed by atoms with Crippen molar-refractivity contribution in [2.24, 2.45) is 0 Å². The summed E-state index contributed by atoms with van der Waals surface area (Å²) in [5.74, 6) is 1.32. The topological polar surface area (TPSA) is 44.2 Å². The van der Waals surface area contributed by atoms with E-state index in [0.29, 0.717) is 11.5 Å². The van der Waals surface area contributed by atoms with Gasteiger partial charge in [-0.1, -0.05) is 28.1 Å². The maximum atomic E-state index is 5.38. The van der Waals surface area contributed by atoms with Gasteiger partial charge in [-0.2, -0.15) is 10.2 Å². The third-order valence-electron chi connectivity index (χ3n) is 3.28. The number of nitrogens with zero attached hydrogens (tertiary/aromatic N) is 2. The number of fused-ring (bicyclic) bond motifs is 1. The van der Waals surface area contributed by atoms with Crippen molar-refractivity contribution < 1.29 is 9.47 Å². The van der Waals surface area contributed by atoms with Crippen molar-refractivity contribution in [1.29, 1.82) is 0 Å². The zero-order valence-electron chi connectivity index (χ0n) is 11.6. The average molecular weight is 345 g/mol. The Labute approximate surface area is 130 Å². The minimum absolute atomic E-state index is 0.644. The van der Waals surface area contributed by atoms with Crippen molar-refractivity contribution in [3.05, 3.63) is 47.1 Å². The maximum Gasteiger partial charge on any atom is 0.162 e. The zero-order valence-corrected chi connectivity index (χ0v) is 13.2. The van der Waals surface area contributed by atoms with Gasteiger partial charge >= 0.3 is 0 Å². The smallest absolute Gasteiger partial charge is 0.162 e. The first kappa shape index (κ1) is 13.8. The van der Waals surface area contributed by atoms with Crippen LogP contribution in [0.4, 0.5) is 0 Å². The van der Waals surface area contributed by atoms with Gasteiger partial charge in [-0.15, -0.1) is 0 Å². The van der Waals surface area contributed by atoms with Crippen LogP contribution in [0.25, 0.3) is 22.0 Å². The third kappa shape index (κ3) is 2.56. The summed E-state index contributed by atoms with van der Waals surface area (Å²) in [5.41, 5.74) is 2.84. The van der Waals surface area contributed by atoms with Crippen LogP contribution >= 0.6 is 15.9 Å². The Kier molecular flexibility index (Phi) is 3.75. The van der Waals surface area contributed by atoms with Crippen LogP contribution in [0.15, 0.2) is 47.1 Å². The highest BCUT2D eigenvalue weighted by atomic mass is 79.9. The van der Waals surface area contributed by atoms with Crippen LogP contribution in [-0.2, 0) is 0 Å². The van der Waals surface area contributed by atoms with Crippen molar-refractivity contribution in [3.63, 3.8) is 0 Å². The lowest BCUT2D eigenvalue weighted by Crippen LogP contribution is -1.94. The molecule has 1 aromatic heterocycles. The molecule has 0 N–H and O–H groups in total. The summed E-state index contributed by atoms with van der Waals surface area (Å²) in [6.45, 7) is 0. The van der Waals surface area contributed by atoms with E-state index in [1.165, 1.54) is 0 Å². The summed E-state index contributed by atoms with van der Waals surface area (Å²) in [6.07, 6.45) is 1.76. The van der Waals surface area contributed by atoms with Gasteiger partial charge in [0.25, 0.3) is 0 Å². The first-order chi connectivity index (χ1) is 10.2. The van der Waals surface area contributed by atoms with Gasteiger partial charge in [-0.05, 0) is 23.8 Å². The van der Waals surface area contributed by atoms with Crippen LogP contribution in [0, 0.1) is 0 Å². The Bertz CT molecular complexity index is 805. The van der Waals surface area contributed by atoms with Crippen LogP contribution in [0.5, 0.6) is 11.5 Å². The summed E-state index contributed by atoms with van der Waals surface area (Å²) in [6, 6.07) is 11.8. The van der Waals surface area contributed by atoms with Crippen LogP contribution in [0.1, 0.15) is 0 Å². The van der Waals surface area contributed by atoms with Gasteiger partial charge in [-0.25, -0.2) is 0 Å². The van der Waals surface area contributed by atoms with Crippen molar-refractivity contribution in [2.45, 2.75) is 0 Å². The van der Waals surface area contributed by atoms with E-state index in [-0.39, 0.29) is 0 Å². The Morgan fingerprint density at radius 3 is 2.48 bits per heavy atom. The number of benzene rings is 2. The van der Waals surface area contributed by atoms with E-state index in [4.69, 9.17) is 9.47 Å². The minimum atomic E-state index is 0.644. The van der Waals surface area contributed by atoms with E-state index in [1.54, 1.807) is 20.4 Å². The van der Waals surface area contributed by atoms with Crippen molar-refractivity contribution >= 4 is 26.8 Å². The van der Waals surface area contributed by atoms with Gasteiger partial charge in [-0.3, -0.25) is 0 Å². The Morgan fingerprint density at radius 1 is 1.00 bits per heavy atom. The van der Waals surface area contributed by atoms with Crippen LogP contribution in [0.3, 0.4) is 0 Å². The fourth-order valence-corrected chi connectivity index (χ4v) is 2.67. The van der Waals surface area contributed by atoms with Crippen molar-refractivity contribution in [3.8, 4) is 22.6 Å². The van der Waals surface area contributed by atoms with Crippen molar-refractivity contribution in [1.82, 2.24) is 10.2 Å². The monoisotopic (exact) mass is 344 g/mol. The lowest BCUT2D eigenvalue weighted by molar-refractivity contribution is 0.356. The molecule has 0 unspecified atom stereocenters. The van der Waals surface area contributed by atoms with Gasteiger partial charge in [0.1, 0.15) is 0 Å². The van der Waals surface area contributed by atoms with Gasteiger partial charge in [0, 0.05) is 21.5 Å². The molecule has 0 radical (unpaired) electrons. The number of hydrogen-bond acceptors (Lipinski definition) is 4. The molecule has 0 aliphatic rings. The number of halogens is 1. The quantitative estimate of drug-likeness (QED) is 0.718. The second-order valence-electron chi connectivity index (χ2n) is 4.49. The van der Waals surface area contributed by atoms with E-state index in [9.17, 15) is 0 Å². The molecule has 0 atom stereocenters. The number of aromatic nitrogens is 2. The zero-order chi connectivity index (χ0) is 14.8. The van der Waals surface area contributed by atoms with Gasteiger partial charge < -0.3 is 9.47 Å². The largest absolute Gasteiger partial charge is 0.493 e. The molecular weight excluding hydrogens is 332 g/mol. The molecule has 0 aliphatic heterocycles. The van der Waals surface area contributed by atoms with Gasteiger partial charge in [0.05, 0.1) is 25.9 Å². The number of methoxy groups -OCH3 is 2. The van der Waals surface area contributed by atoms with E-state index < -0.39 is 0 Å². The molecule has 5 heteroatoms. The molecule has 1 heterocycles. The summed E-state index contributed by atoms with van der Waals surface area (Å²) < 4.78 is 11.7. The first-order valence-corrected chi connectivity index (χ1v) is 7.15. The molecule has 106 valence electrons. The SMILES string of the molecule is COc1cc2nncc(-c3cccc(Br)c3)c2cc1OC. The third-order valence-corrected chi connectivity index (χ3v) is 3.77. The molecule has 0 saturated heterocycles. The summed E-state index contributed by atoms with van der Waals surface area (Å²) in [5, 5.41) is 9.24. The van der Waals surface area contributed by atoms with Crippen LogP contribution in [0.2, 0.25) is 0 Å². The van der Waals surface area contributed by atoms with E-state index >= 15 is 0 Å². The molecule has 3 aromatic rings. The Morgan fingerprint density at radius 2 is 1.76 bits per heavy atom. The maximum absolute atomic E-state index is 5.38. The van der Waals surface area contributed by atoms with E-state index in [2.05, 4.69) is 26.1 Å². The van der Waals surface area contributed by atoms with Crippen LogP contribution < -0.4 is 9.47 Å². The number of hydrogen-bond donors (Lipinski definition) is 0. The highest BCUT2D eigenvalue weighted by Gasteiger charge is 2.11. The molecule has 21 heavy (non-hydrogen) atoms. The highest BCUT2D eigenvalue weighted by Crippen LogP contribution is 2.36. The normalized spacial score (nSPS) is 10.6. The summed E-state index contributed by atoms with van der Waals surface area (Å²) in [7, 11) is 3.23. The van der Waals surface area contributed by atoms with Crippen LogP contribution in [-0.4, -0.2) is 24.4 Å². The Balaban J connectivity index is 2.28. The Hall–Kier alpha value is -2.14. The molecule has 0 aliphatic carbocycles. The molecule has 0 amide bonds. The van der Waals surface area contributed by atoms with E-state index in [1.807, 2.05) is 36.4 Å². The number of ether oxygens (including phenoxy) is 2. The van der Waals surface area contributed by atoms with E-state index in [0.717, 1.165) is 26.5 Å². The lowest BCUT2D eigenvalue weighted by atomic mass is 10.0. The summed E-state index contributed by atoms with van der Waals surface area (Å²) >= 11 is 3.49. The molecule has 3 rings (SSSR count). The second kappa shape index (κ2) is 5.69. The first-order valence-electron chi connectivity index (χ1n) is 6.36. The van der Waals surface area contributed by atoms with Crippen molar-refractivity contribution in [2.75, 3.05) is 14.2 Å². The number of rotatable bonds is 3. The predicted molar refractivity (Wildman–Crippen MR) is 85.8 cm³/mol. The second-order valence-corrected chi connectivity index (χ2v) is 5.41. The fraction of sp³-hybridized carbons (Fsp3) is 0.125.